The van der Waals surface area contributed by atoms with E-state index in [1.807, 2.05) is 0 Å². The summed E-state index contributed by atoms with van der Waals surface area (Å²) < 4.78 is 15.1. The Labute approximate surface area is 113 Å². The number of aryl methyl sites for hydroxylation is 1. The molecule has 0 atom stereocenters. The van der Waals surface area contributed by atoms with Gasteiger partial charge in [-0.15, -0.1) is 0 Å². The van der Waals surface area contributed by atoms with E-state index < -0.39 is 0 Å². The van der Waals surface area contributed by atoms with Gasteiger partial charge in [0.25, 0.3) is 0 Å². The molecule has 0 N–H and O–H groups in total. The van der Waals surface area contributed by atoms with E-state index in [9.17, 15) is 4.39 Å². The molecule has 0 spiro atoms. The van der Waals surface area contributed by atoms with Crippen molar-refractivity contribution >= 4 is 61.0 Å². The van der Waals surface area contributed by atoms with Gasteiger partial charge in [-0.05, 0) is 57.6 Å². The normalized spacial score (nSPS) is 11.0. The van der Waals surface area contributed by atoms with Crippen LogP contribution in [0, 0.1) is 16.3 Å². The summed E-state index contributed by atoms with van der Waals surface area (Å²) in [7, 11) is 0. The molecule has 0 radical (unpaired) electrons. The van der Waals surface area contributed by atoms with Crippen LogP contribution in [0.3, 0.4) is 0 Å². The lowest BCUT2D eigenvalue weighted by atomic mass is 10.2. The number of aromatic nitrogens is 1. The largest absolute Gasteiger partial charge is 0.250 e. The van der Waals surface area contributed by atoms with E-state index in [0.717, 1.165) is 3.57 Å². The molecule has 0 amide bonds. The monoisotopic (exact) mass is 399 g/mol. The third-order valence-corrected chi connectivity index (χ3v) is 3.74. The minimum Gasteiger partial charge on any atom is -0.250 e. The van der Waals surface area contributed by atoms with Gasteiger partial charge in [-0.2, -0.15) is 0 Å². The zero-order valence-electron chi connectivity index (χ0n) is 7.61. The molecular formula is C10H5BrClFIN. The van der Waals surface area contributed by atoms with Gasteiger partial charge in [-0.25, -0.2) is 9.37 Å². The van der Waals surface area contributed by atoms with Gasteiger partial charge in [0.05, 0.1) is 9.50 Å². The fraction of sp³-hybridized carbons (Fsp3) is 0.100. The number of halogens is 4. The first-order valence-electron chi connectivity index (χ1n) is 4.11. The lowest BCUT2D eigenvalue weighted by Crippen LogP contribution is -1.92. The summed E-state index contributed by atoms with van der Waals surface area (Å²) in [6.45, 7) is 1.79. The van der Waals surface area contributed by atoms with Crippen molar-refractivity contribution in [3.8, 4) is 0 Å². The summed E-state index contributed by atoms with van der Waals surface area (Å²) in [5.74, 6) is -0.365. The highest BCUT2D eigenvalue weighted by Crippen LogP contribution is 2.33. The Hall–Kier alpha value is 0.0600. The number of hydrogen-bond acceptors (Lipinski definition) is 1. The smallest absolute Gasteiger partial charge is 0.163 e. The van der Waals surface area contributed by atoms with E-state index in [-0.39, 0.29) is 5.82 Å². The maximum absolute atomic E-state index is 13.8. The van der Waals surface area contributed by atoms with E-state index in [1.165, 1.54) is 0 Å². The zero-order chi connectivity index (χ0) is 11.2. The molecule has 2 rings (SSSR count). The molecule has 5 heteroatoms. The highest BCUT2D eigenvalue weighted by atomic mass is 127. The second kappa shape index (κ2) is 4.14. The molecule has 1 nitrogen and oxygen atoms in total. The van der Waals surface area contributed by atoms with E-state index >= 15 is 0 Å². The Balaban J connectivity index is 3.02. The molecule has 1 heterocycles. The average Bonchev–Trinajstić information content (AvgIpc) is 2.12. The van der Waals surface area contributed by atoms with Gasteiger partial charge in [-0.3, -0.25) is 0 Å². The number of rotatable bonds is 0. The molecule has 0 aliphatic rings. The van der Waals surface area contributed by atoms with Crippen molar-refractivity contribution in [2.75, 3.05) is 0 Å². The fourth-order valence-corrected chi connectivity index (χ4v) is 3.59. The number of fused-ring (bicyclic) bond motifs is 1. The molecule has 0 bridgehead atoms. The van der Waals surface area contributed by atoms with Crippen LogP contribution in [0.15, 0.2) is 16.6 Å². The Morgan fingerprint density at radius 3 is 2.80 bits per heavy atom. The van der Waals surface area contributed by atoms with Crippen LogP contribution >= 0.6 is 50.1 Å². The number of pyridine rings is 1. The highest BCUT2D eigenvalue weighted by molar-refractivity contribution is 14.1. The van der Waals surface area contributed by atoms with E-state index in [1.54, 1.807) is 19.1 Å². The molecule has 1 aromatic carbocycles. The first kappa shape index (κ1) is 11.5. The Morgan fingerprint density at radius 2 is 2.13 bits per heavy atom. The quantitative estimate of drug-likeness (QED) is 0.461. The van der Waals surface area contributed by atoms with Gasteiger partial charge < -0.3 is 0 Å². The topological polar surface area (TPSA) is 12.9 Å². The Kier molecular flexibility index (Phi) is 3.19. The van der Waals surface area contributed by atoms with Crippen molar-refractivity contribution in [2.45, 2.75) is 6.92 Å². The van der Waals surface area contributed by atoms with E-state index in [2.05, 4.69) is 43.5 Å². The molecular weight excluding hydrogens is 395 g/mol. The summed E-state index contributed by atoms with van der Waals surface area (Å²) in [4.78, 5) is 4.16. The molecule has 0 saturated carbocycles. The molecule has 0 aliphatic carbocycles. The van der Waals surface area contributed by atoms with E-state index in [4.69, 9.17) is 11.6 Å². The van der Waals surface area contributed by atoms with Crippen LogP contribution in [0.1, 0.15) is 5.69 Å². The van der Waals surface area contributed by atoms with Crippen molar-refractivity contribution in [2.24, 2.45) is 0 Å². The SMILES string of the molecule is Cc1cc(Cl)c2c(I)cc(Br)c(F)c2n1. The van der Waals surface area contributed by atoms with Gasteiger partial charge in [-0.1, -0.05) is 11.6 Å². The van der Waals surface area contributed by atoms with Gasteiger partial charge in [0.15, 0.2) is 5.82 Å². The molecule has 1 aromatic heterocycles. The third kappa shape index (κ3) is 1.99. The predicted molar refractivity (Wildman–Crippen MR) is 71.9 cm³/mol. The van der Waals surface area contributed by atoms with Crippen LogP contribution in [-0.2, 0) is 0 Å². The van der Waals surface area contributed by atoms with Gasteiger partial charge in [0.2, 0.25) is 0 Å². The van der Waals surface area contributed by atoms with Gasteiger partial charge >= 0.3 is 0 Å². The average molecular weight is 400 g/mol. The van der Waals surface area contributed by atoms with Crippen molar-refractivity contribution in [3.05, 3.63) is 36.7 Å². The minimum absolute atomic E-state index is 0.318. The summed E-state index contributed by atoms with van der Waals surface area (Å²) in [5.41, 5.74) is 1.03. The molecule has 15 heavy (non-hydrogen) atoms. The van der Waals surface area contributed by atoms with Crippen LogP contribution in [0.25, 0.3) is 10.9 Å². The highest BCUT2D eigenvalue weighted by Gasteiger charge is 2.13. The van der Waals surface area contributed by atoms with Crippen LogP contribution in [0.2, 0.25) is 5.02 Å². The minimum atomic E-state index is -0.365. The molecule has 0 unspecified atom stereocenters. The number of benzene rings is 1. The lowest BCUT2D eigenvalue weighted by Gasteiger charge is -2.06. The lowest BCUT2D eigenvalue weighted by molar-refractivity contribution is 0.629. The molecule has 0 fully saturated rings. The molecule has 2 aromatic rings. The van der Waals surface area contributed by atoms with Crippen LogP contribution < -0.4 is 0 Å². The van der Waals surface area contributed by atoms with Crippen molar-refractivity contribution in [3.63, 3.8) is 0 Å². The number of nitrogens with zero attached hydrogens (tertiary/aromatic N) is 1. The van der Waals surface area contributed by atoms with Crippen molar-refractivity contribution in [1.29, 1.82) is 0 Å². The van der Waals surface area contributed by atoms with Gasteiger partial charge in [0, 0.05) is 14.7 Å². The second-order valence-corrected chi connectivity index (χ2v) is 5.55. The van der Waals surface area contributed by atoms with E-state index in [0.29, 0.717) is 26.1 Å². The maximum atomic E-state index is 13.8. The van der Waals surface area contributed by atoms with Crippen LogP contribution in [0.5, 0.6) is 0 Å². The molecule has 78 valence electrons. The summed E-state index contributed by atoms with van der Waals surface area (Å²) in [6, 6.07) is 3.43. The summed E-state index contributed by atoms with van der Waals surface area (Å²) in [5, 5.41) is 1.21. The fourth-order valence-electron chi connectivity index (χ4n) is 1.38. The van der Waals surface area contributed by atoms with Crippen molar-refractivity contribution < 1.29 is 4.39 Å². The zero-order valence-corrected chi connectivity index (χ0v) is 12.1. The maximum Gasteiger partial charge on any atom is 0.163 e. The Morgan fingerprint density at radius 1 is 1.47 bits per heavy atom. The molecule has 0 saturated heterocycles. The van der Waals surface area contributed by atoms with Crippen LogP contribution in [0.4, 0.5) is 4.39 Å². The first-order chi connectivity index (χ1) is 7.00. The Bertz CT molecular complexity index is 551. The first-order valence-corrected chi connectivity index (χ1v) is 6.36. The van der Waals surface area contributed by atoms with Gasteiger partial charge in [0.1, 0.15) is 5.52 Å². The number of hydrogen-bond donors (Lipinski definition) is 0. The summed E-state index contributed by atoms with van der Waals surface area (Å²) >= 11 is 11.3. The predicted octanol–water partition coefficient (Wildman–Crippen LogP) is 4.70. The second-order valence-electron chi connectivity index (χ2n) is 3.12. The third-order valence-electron chi connectivity index (χ3n) is 2.01. The van der Waals surface area contributed by atoms with Crippen molar-refractivity contribution in [1.82, 2.24) is 4.98 Å². The van der Waals surface area contributed by atoms with Crippen LogP contribution in [-0.4, -0.2) is 4.98 Å². The summed E-state index contributed by atoms with van der Waals surface area (Å²) in [6.07, 6.45) is 0. The molecule has 0 aliphatic heterocycles. The standard InChI is InChI=1S/C10H5BrClFIN/c1-4-2-6(12)8-7(14)3-5(11)9(13)10(8)15-4/h2-3H,1H3.